The second-order valence-corrected chi connectivity index (χ2v) is 10.6. The van der Waals surface area contributed by atoms with Gasteiger partial charge in [-0.1, -0.05) is 36.4 Å². The molecule has 2 heterocycles. The highest BCUT2D eigenvalue weighted by Gasteiger charge is 2.24. The van der Waals surface area contributed by atoms with E-state index in [1.165, 1.54) is 7.11 Å². The van der Waals surface area contributed by atoms with Gasteiger partial charge in [-0.25, -0.2) is 9.79 Å². The van der Waals surface area contributed by atoms with Gasteiger partial charge in [0.2, 0.25) is 0 Å². The smallest absolute Gasteiger partial charge is 0.337 e. The number of aromatic amines is 1. The van der Waals surface area contributed by atoms with Crippen LogP contribution in [0, 0.1) is 0 Å². The molecule has 0 spiro atoms. The second-order valence-electron chi connectivity index (χ2n) is 10.6. The number of piperidine rings is 1. The number of methoxy groups -OCH3 is 1. The highest BCUT2D eigenvalue weighted by atomic mass is 16.5. The maximum absolute atomic E-state index is 13.2. The Kier molecular flexibility index (Phi) is 9.00. The zero-order valence-electron chi connectivity index (χ0n) is 24.2. The van der Waals surface area contributed by atoms with Crippen LogP contribution >= 0.6 is 0 Å². The molecule has 1 aliphatic rings. The number of likely N-dealkylation sites (N-methyl/N-ethyl adjacent to an activating group) is 1. The number of rotatable bonds is 9. The summed E-state index contributed by atoms with van der Waals surface area (Å²) in [6.45, 7) is 2.92. The predicted molar refractivity (Wildman–Crippen MR) is 163 cm³/mol. The lowest BCUT2D eigenvalue weighted by atomic mass is 10.00. The van der Waals surface area contributed by atoms with Crippen molar-refractivity contribution in [1.29, 1.82) is 0 Å². The third-order valence-corrected chi connectivity index (χ3v) is 7.46. The van der Waals surface area contributed by atoms with Gasteiger partial charge in [-0.2, -0.15) is 0 Å². The number of aliphatic imine (C=N–C) groups is 1. The van der Waals surface area contributed by atoms with E-state index in [9.17, 15) is 14.7 Å². The van der Waals surface area contributed by atoms with Gasteiger partial charge in [0.15, 0.2) is 5.88 Å². The van der Waals surface area contributed by atoms with Crippen LogP contribution in [-0.4, -0.2) is 91.0 Å². The average molecular weight is 569 g/mol. The monoisotopic (exact) mass is 568 g/mol. The minimum absolute atomic E-state index is 0.00348. The summed E-state index contributed by atoms with van der Waals surface area (Å²) in [6.07, 6.45) is 1.85. The highest BCUT2D eigenvalue weighted by Crippen LogP contribution is 2.32. The minimum Gasteiger partial charge on any atom is -0.494 e. The lowest BCUT2D eigenvalue weighted by molar-refractivity contribution is 0.00392. The summed E-state index contributed by atoms with van der Waals surface area (Å²) in [6, 6.07) is 21.9. The Bertz CT molecular complexity index is 1570. The van der Waals surface area contributed by atoms with E-state index >= 15 is 0 Å². The molecule has 1 aromatic heterocycles. The highest BCUT2D eigenvalue weighted by molar-refractivity contribution is 6.22. The van der Waals surface area contributed by atoms with E-state index in [2.05, 4.69) is 9.88 Å². The molecule has 9 heteroatoms. The van der Waals surface area contributed by atoms with Crippen LogP contribution < -0.4 is 0 Å². The Morgan fingerprint density at radius 2 is 1.67 bits per heavy atom. The quantitative estimate of drug-likeness (QED) is 0.217. The average Bonchev–Trinajstić information content (AvgIpc) is 3.34. The second kappa shape index (κ2) is 13.0. The molecule has 0 unspecified atom stereocenters. The lowest BCUT2D eigenvalue weighted by Gasteiger charge is -2.32. The topological polar surface area (TPSA) is 107 Å². The molecule has 1 fully saturated rings. The molecule has 0 saturated carbocycles. The molecule has 42 heavy (non-hydrogen) atoms. The summed E-state index contributed by atoms with van der Waals surface area (Å²) in [5.41, 5.74) is 4.08. The summed E-state index contributed by atoms with van der Waals surface area (Å²) < 4.78 is 10.8. The third-order valence-electron chi connectivity index (χ3n) is 7.46. The summed E-state index contributed by atoms with van der Waals surface area (Å²) in [7, 11) is 5.38. The van der Waals surface area contributed by atoms with Crippen molar-refractivity contribution >= 4 is 34.2 Å². The van der Waals surface area contributed by atoms with E-state index < -0.39 is 5.97 Å². The van der Waals surface area contributed by atoms with E-state index in [1.54, 1.807) is 30.3 Å². The largest absolute Gasteiger partial charge is 0.494 e. The molecule has 218 valence electrons. The van der Waals surface area contributed by atoms with Gasteiger partial charge in [0.25, 0.3) is 5.91 Å². The van der Waals surface area contributed by atoms with Crippen molar-refractivity contribution in [3.05, 3.63) is 95.1 Å². The maximum atomic E-state index is 13.2. The van der Waals surface area contributed by atoms with Crippen LogP contribution in [0.1, 0.15) is 44.7 Å². The normalized spacial score (nSPS) is 14.5. The molecular formula is C33H36N4O5. The summed E-state index contributed by atoms with van der Waals surface area (Å²) in [5.74, 6) is -0.524. The fraction of sp³-hybridized carbons (Fsp3) is 0.303. The van der Waals surface area contributed by atoms with Gasteiger partial charge in [-0.3, -0.25) is 4.79 Å². The van der Waals surface area contributed by atoms with Gasteiger partial charge in [0.1, 0.15) is 0 Å². The van der Waals surface area contributed by atoms with E-state index in [-0.39, 0.29) is 17.9 Å². The maximum Gasteiger partial charge on any atom is 0.337 e. The molecule has 0 radical (unpaired) electrons. The Morgan fingerprint density at radius 3 is 2.33 bits per heavy atom. The first kappa shape index (κ1) is 29.0. The number of nitrogens with one attached hydrogen (secondary N) is 1. The van der Waals surface area contributed by atoms with Crippen molar-refractivity contribution in [2.24, 2.45) is 4.99 Å². The number of likely N-dealkylation sites (tertiary alicyclic amines) is 1. The van der Waals surface area contributed by atoms with Crippen molar-refractivity contribution in [2.45, 2.75) is 18.9 Å². The molecule has 2 N–H and O–H groups in total. The van der Waals surface area contributed by atoms with Gasteiger partial charge in [-0.05, 0) is 63.3 Å². The van der Waals surface area contributed by atoms with Gasteiger partial charge in [0.05, 0.1) is 42.3 Å². The van der Waals surface area contributed by atoms with Crippen LogP contribution in [0.2, 0.25) is 0 Å². The summed E-state index contributed by atoms with van der Waals surface area (Å²) in [4.78, 5) is 37.1. The molecule has 4 aromatic rings. The first-order valence-corrected chi connectivity index (χ1v) is 14.1. The molecule has 1 saturated heterocycles. The first-order chi connectivity index (χ1) is 20.3. The lowest BCUT2D eigenvalue weighted by Crippen LogP contribution is -2.41. The van der Waals surface area contributed by atoms with Crippen molar-refractivity contribution in [3.8, 4) is 5.88 Å². The summed E-state index contributed by atoms with van der Waals surface area (Å²) >= 11 is 0. The standard InChI is InChI=1S/C33H36N4O5/c1-36(2)19-20-42-26-15-17-37(18-16-26)32(39)23-9-12-25(13-10-23)34-30(22-7-5-4-6-8-22)29-27-14-11-24(33(40)41-3)21-28(27)35-31(29)38/h4-14,21,26,35,38H,15-20H2,1-3H3. The molecule has 0 bridgehead atoms. The molecular weight excluding hydrogens is 532 g/mol. The predicted octanol–water partition coefficient (Wildman–Crippen LogP) is 5.01. The van der Waals surface area contributed by atoms with Crippen LogP contribution in [0.4, 0.5) is 5.69 Å². The molecule has 9 nitrogen and oxygen atoms in total. The Morgan fingerprint density at radius 1 is 0.976 bits per heavy atom. The molecule has 1 aliphatic heterocycles. The number of aromatic hydroxyl groups is 1. The van der Waals surface area contributed by atoms with Crippen LogP contribution in [0.15, 0.2) is 77.8 Å². The number of fused-ring (bicyclic) bond motifs is 1. The number of amides is 1. The molecule has 3 aromatic carbocycles. The summed E-state index contributed by atoms with van der Waals surface area (Å²) in [5, 5.41) is 11.7. The number of carbonyl (C=O) groups excluding carboxylic acids is 2. The zero-order chi connectivity index (χ0) is 29.6. The van der Waals surface area contributed by atoms with Crippen LogP contribution in [0.3, 0.4) is 0 Å². The van der Waals surface area contributed by atoms with Crippen molar-refractivity contribution in [1.82, 2.24) is 14.8 Å². The SMILES string of the molecule is COC(=O)c1ccc2c(C(=Nc3ccc(C(=O)N4CCC(OCCN(C)C)CC4)cc3)c3ccccc3)c(O)[nH]c2c1. The molecule has 5 rings (SSSR count). The van der Waals surface area contributed by atoms with Gasteiger partial charge >= 0.3 is 5.97 Å². The Hall–Kier alpha value is -4.47. The molecule has 0 atom stereocenters. The molecule has 1 amide bonds. The van der Waals surface area contributed by atoms with Crippen LogP contribution in [0.5, 0.6) is 5.88 Å². The van der Waals surface area contributed by atoms with Gasteiger partial charge in [-0.15, -0.1) is 0 Å². The Balaban J connectivity index is 1.37. The number of hydrogen-bond donors (Lipinski definition) is 2. The Labute approximate surface area is 245 Å². The van der Waals surface area contributed by atoms with Crippen LogP contribution in [-0.2, 0) is 9.47 Å². The first-order valence-electron chi connectivity index (χ1n) is 14.1. The number of nitrogens with zero attached hydrogens (tertiary/aromatic N) is 3. The molecule has 0 aliphatic carbocycles. The van der Waals surface area contributed by atoms with Crippen molar-refractivity contribution in [2.75, 3.05) is 47.4 Å². The fourth-order valence-corrected chi connectivity index (χ4v) is 5.15. The number of aromatic nitrogens is 1. The van der Waals surface area contributed by atoms with Crippen molar-refractivity contribution < 1.29 is 24.2 Å². The number of carbonyl (C=O) groups is 2. The van der Waals surface area contributed by atoms with E-state index in [4.69, 9.17) is 14.5 Å². The number of H-pyrrole nitrogens is 1. The number of ether oxygens (including phenoxy) is 2. The van der Waals surface area contributed by atoms with E-state index in [0.29, 0.717) is 58.7 Å². The van der Waals surface area contributed by atoms with Gasteiger partial charge in [0, 0.05) is 41.7 Å². The number of hydrogen-bond acceptors (Lipinski definition) is 7. The zero-order valence-corrected chi connectivity index (χ0v) is 24.2. The third kappa shape index (κ3) is 6.53. The van der Waals surface area contributed by atoms with E-state index in [1.807, 2.05) is 61.5 Å². The fourth-order valence-electron chi connectivity index (χ4n) is 5.15. The van der Waals surface area contributed by atoms with E-state index in [0.717, 1.165) is 24.9 Å². The van der Waals surface area contributed by atoms with Crippen molar-refractivity contribution in [3.63, 3.8) is 0 Å². The minimum atomic E-state index is -0.461. The number of benzene rings is 3. The van der Waals surface area contributed by atoms with Crippen LogP contribution in [0.25, 0.3) is 10.9 Å². The number of esters is 1. The van der Waals surface area contributed by atoms with Gasteiger partial charge < -0.3 is 29.4 Å².